The topological polar surface area (TPSA) is 0 Å². The second kappa shape index (κ2) is 16.5. The Morgan fingerprint density at radius 3 is 1.17 bits per heavy atom. The zero-order chi connectivity index (χ0) is 3.41. The van der Waals surface area contributed by atoms with Crippen molar-refractivity contribution in [3.8, 4) is 0 Å². The molecule has 0 heterocycles. The molecule has 0 amide bonds. The van der Waals surface area contributed by atoms with Gasteiger partial charge in [-0.1, -0.05) is 0 Å². The molecule has 2 radical (unpaired) electrons. The monoisotopic (exact) mass is 200 g/mol. The molecule has 0 aliphatic rings. The molecule has 0 aliphatic heterocycles. The predicted octanol–water partition coefficient (Wildman–Crippen LogP) is 0.960. The Labute approximate surface area is 74.2 Å². The average molecular weight is 200 g/mol. The van der Waals surface area contributed by atoms with Gasteiger partial charge in [0.2, 0.25) is 0 Å². The summed E-state index contributed by atoms with van der Waals surface area (Å²) in [7, 11) is 0. The Morgan fingerprint density at radius 1 is 1.00 bits per heavy atom. The molecular weight excluding hydrogens is 196 g/mol. The van der Waals surface area contributed by atoms with E-state index in [9.17, 15) is 0 Å². The van der Waals surface area contributed by atoms with E-state index in [1.807, 2.05) is 0 Å². The Balaban J connectivity index is -0.0000000450. The first kappa shape index (κ1) is 15.7. The molecule has 0 aliphatic carbocycles. The Bertz CT molecular complexity index is 28.5. The van der Waals surface area contributed by atoms with Crippen LogP contribution >= 0.6 is 0 Å². The molecule has 0 unspecified atom stereocenters. The molecule has 32 valence electrons. The molecule has 0 rings (SSSR count). The third kappa shape index (κ3) is 19.5. The van der Waals surface area contributed by atoms with Crippen LogP contribution in [-0.2, 0) is 49.5 Å². The summed E-state index contributed by atoms with van der Waals surface area (Å²) in [4.78, 5) is 0. The Hall–Kier alpha value is 1.09. The van der Waals surface area contributed by atoms with Crippen molar-refractivity contribution in [2.45, 2.75) is 0 Å². The second-order valence-corrected chi connectivity index (χ2v) is 0.385. The van der Waals surface area contributed by atoms with Crippen LogP contribution in [0, 0.1) is 13.2 Å². The van der Waals surface area contributed by atoms with Gasteiger partial charge in [-0.2, -0.15) is 0 Å². The van der Waals surface area contributed by atoms with Crippen LogP contribution in [0.3, 0.4) is 0 Å². The zero-order valence-corrected chi connectivity index (χ0v) is 7.10. The molecule has 0 bridgehead atoms. The molecule has 0 atom stereocenters. The van der Waals surface area contributed by atoms with Crippen molar-refractivity contribution < 1.29 is 49.5 Å². The SMILES string of the molecule is [CH-]=CC=[CH-].[Co+2].[Y]. The summed E-state index contributed by atoms with van der Waals surface area (Å²) in [5.41, 5.74) is 0. The molecule has 0 N–H and O–H groups in total. The van der Waals surface area contributed by atoms with Gasteiger partial charge in [-0.25, -0.2) is 0 Å². The van der Waals surface area contributed by atoms with Crippen molar-refractivity contribution in [3.05, 3.63) is 25.3 Å². The molecule has 0 saturated carbocycles. The summed E-state index contributed by atoms with van der Waals surface area (Å²) in [5, 5.41) is 0. The van der Waals surface area contributed by atoms with Crippen LogP contribution in [0.1, 0.15) is 0 Å². The summed E-state index contributed by atoms with van der Waals surface area (Å²) in [5.74, 6) is 0. The first-order chi connectivity index (χ1) is 1.91. The smallest absolute Gasteiger partial charge is 0.394 e. The summed E-state index contributed by atoms with van der Waals surface area (Å²) in [6.45, 7) is 9.44. The van der Waals surface area contributed by atoms with Gasteiger partial charge >= 0.3 is 16.8 Å². The third-order valence-electron chi connectivity index (χ3n) is 0.111. The predicted molar refractivity (Wildman–Crippen MR) is 17.7 cm³/mol. The van der Waals surface area contributed by atoms with E-state index in [4.69, 9.17) is 13.2 Å². The van der Waals surface area contributed by atoms with Crippen molar-refractivity contribution >= 4 is 0 Å². The van der Waals surface area contributed by atoms with E-state index in [0.29, 0.717) is 0 Å². The van der Waals surface area contributed by atoms with Crippen LogP contribution in [0.4, 0.5) is 0 Å². The molecule has 0 nitrogen and oxygen atoms in total. The maximum atomic E-state index is 4.72. The average Bonchev–Trinajstić information content (AvgIpc) is 1.37. The van der Waals surface area contributed by atoms with E-state index in [-0.39, 0.29) is 49.5 Å². The van der Waals surface area contributed by atoms with Gasteiger partial charge in [-0.3, -0.25) is 0 Å². The Kier molecular flexibility index (Phi) is 43.3. The van der Waals surface area contributed by atoms with Gasteiger partial charge in [-0.05, 0) is 0 Å². The van der Waals surface area contributed by atoms with Gasteiger partial charge in [-0.15, -0.1) is 0 Å². The first-order valence-electron chi connectivity index (χ1n) is 1.00. The van der Waals surface area contributed by atoms with E-state index in [2.05, 4.69) is 0 Å². The fourth-order valence-electron chi connectivity index (χ4n) is 0. The quantitative estimate of drug-likeness (QED) is 0.436. The zero-order valence-electron chi connectivity index (χ0n) is 3.22. The molecule has 0 fully saturated rings. The van der Waals surface area contributed by atoms with Crippen molar-refractivity contribution in [3.63, 3.8) is 0 Å². The number of allylic oxidation sites excluding steroid dienone is 2. The van der Waals surface area contributed by atoms with Gasteiger partial charge in [0.25, 0.3) is 0 Å². The molecule has 0 saturated heterocycles. The van der Waals surface area contributed by atoms with Crippen LogP contribution in [0.25, 0.3) is 0 Å². The largest absolute Gasteiger partial charge is 2.00 e. The van der Waals surface area contributed by atoms with E-state index >= 15 is 0 Å². The van der Waals surface area contributed by atoms with Crippen LogP contribution in [0.2, 0.25) is 0 Å². The number of hydrogen-bond donors (Lipinski definition) is 0. The standard InChI is InChI=1S/C4H4.Co.Y/c1-3-4-2;;/h1-4H;;/q-2;+2;. The van der Waals surface area contributed by atoms with Crippen LogP contribution in [-0.4, -0.2) is 0 Å². The van der Waals surface area contributed by atoms with Crippen LogP contribution < -0.4 is 0 Å². The van der Waals surface area contributed by atoms with Gasteiger partial charge in [0, 0.05) is 32.7 Å². The summed E-state index contributed by atoms with van der Waals surface area (Å²) in [6.07, 6.45) is 2.56. The molecule has 0 aromatic heterocycles. The molecule has 0 spiro atoms. The normalized spacial score (nSPS) is 3.33. The maximum Gasteiger partial charge on any atom is 2.00 e. The minimum atomic E-state index is 0. The number of rotatable bonds is 1. The second-order valence-electron chi connectivity index (χ2n) is 0.385. The maximum absolute atomic E-state index is 4.72. The fourth-order valence-corrected chi connectivity index (χ4v) is 0. The van der Waals surface area contributed by atoms with Crippen LogP contribution in [0.15, 0.2) is 12.2 Å². The first-order valence-corrected chi connectivity index (χ1v) is 1.00. The minimum absolute atomic E-state index is 0. The van der Waals surface area contributed by atoms with Crippen molar-refractivity contribution in [1.29, 1.82) is 0 Å². The summed E-state index contributed by atoms with van der Waals surface area (Å²) < 4.78 is 0. The summed E-state index contributed by atoms with van der Waals surface area (Å²) in [6, 6.07) is 0. The van der Waals surface area contributed by atoms with Crippen molar-refractivity contribution in [1.82, 2.24) is 0 Å². The number of hydrogen-bond acceptors (Lipinski definition) is 0. The molecular formula is C4H4CoY. The van der Waals surface area contributed by atoms with E-state index < -0.39 is 0 Å². The molecule has 6 heavy (non-hydrogen) atoms. The van der Waals surface area contributed by atoms with Gasteiger partial charge in [0.15, 0.2) is 0 Å². The molecule has 2 heteroatoms. The van der Waals surface area contributed by atoms with Gasteiger partial charge in [0.05, 0.1) is 0 Å². The van der Waals surface area contributed by atoms with E-state index in [1.54, 1.807) is 0 Å². The summed E-state index contributed by atoms with van der Waals surface area (Å²) >= 11 is 0. The Morgan fingerprint density at radius 2 is 1.17 bits per heavy atom. The minimum Gasteiger partial charge on any atom is -0.394 e. The van der Waals surface area contributed by atoms with E-state index in [0.717, 1.165) is 0 Å². The van der Waals surface area contributed by atoms with Crippen LogP contribution in [0.5, 0.6) is 0 Å². The molecule has 0 aromatic rings. The van der Waals surface area contributed by atoms with Gasteiger partial charge < -0.3 is 25.3 Å². The van der Waals surface area contributed by atoms with E-state index in [1.165, 1.54) is 12.2 Å². The molecule has 0 aromatic carbocycles. The van der Waals surface area contributed by atoms with Gasteiger partial charge in [0.1, 0.15) is 0 Å². The van der Waals surface area contributed by atoms with Crippen molar-refractivity contribution in [2.24, 2.45) is 0 Å². The van der Waals surface area contributed by atoms with Crippen molar-refractivity contribution in [2.75, 3.05) is 0 Å². The third-order valence-corrected chi connectivity index (χ3v) is 0.111. The fraction of sp³-hybridized carbons (Fsp3) is 0.